The molecule has 0 radical (unpaired) electrons. The van der Waals surface area contributed by atoms with Crippen LogP contribution in [0.3, 0.4) is 0 Å². The van der Waals surface area contributed by atoms with Gasteiger partial charge in [-0.15, -0.1) is 0 Å². The van der Waals surface area contributed by atoms with Crippen molar-refractivity contribution in [3.8, 4) is 0 Å². The van der Waals surface area contributed by atoms with Gasteiger partial charge >= 0.3 is 0 Å². The van der Waals surface area contributed by atoms with Gasteiger partial charge in [-0.3, -0.25) is 0 Å². The van der Waals surface area contributed by atoms with E-state index in [9.17, 15) is 0 Å². The van der Waals surface area contributed by atoms with Crippen LogP contribution in [0.5, 0.6) is 0 Å². The molecule has 0 aliphatic rings. The lowest BCUT2D eigenvalue weighted by Crippen LogP contribution is -2.30. The molecule has 15 heavy (non-hydrogen) atoms. The van der Waals surface area contributed by atoms with E-state index in [0.29, 0.717) is 10.5 Å². The Labute approximate surface area is 103 Å². The van der Waals surface area contributed by atoms with Crippen LogP contribution in [0.1, 0.15) is 18.1 Å². The summed E-state index contributed by atoms with van der Waals surface area (Å²) in [7, 11) is 0. The zero-order chi connectivity index (χ0) is 11.6. The van der Waals surface area contributed by atoms with E-state index < -0.39 is 0 Å². The van der Waals surface area contributed by atoms with Crippen LogP contribution < -0.4 is 10.6 Å². The SMILES string of the molecule is C=c1nc(Cl)c(C)c(C)/c1=C/C(Br)=C\C. The third kappa shape index (κ3) is 2.70. The number of pyridine rings is 1. The molecule has 0 atom stereocenters. The van der Waals surface area contributed by atoms with E-state index in [1.54, 1.807) is 0 Å². The molecule has 1 nitrogen and oxygen atoms in total. The van der Waals surface area contributed by atoms with Crippen molar-refractivity contribution in [2.24, 2.45) is 0 Å². The Kier molecular flexibility index (Phi) is 4.12. The normalized spacial score (nSPS) is 13.4. The smallest absolute Gasteiger partial charge is 0.132 e. The van der Waals surface area contributed by atoms with Gasteiger partial charge in [-0.2, -0.15) is 0 Å². The minimum Gasteiger partial charge on any atom is -0.236 e. The third-order valence-corrected chi connectivity index (χ3v) is 3.43. The third-order valence-electron chi connectivity index (χ3n) is 2.38. The molecule has 0 aliphatic carbocycles. The van der Waals surface area contributed by atoms with E-state index >= 15 is 0 Å². The first-order valence-electron chi connectivity index (χ1n) is 4.62. The maximum atomic E-state index is 5.97. The molecular formula is C12H13BrClN. The fourth-order valence-corrected chi connectivity index (χ4v) is 1.72. The maximum Gasteiger partial charge on any atom is 0.132 e. The zero-order valence-corrected chi connectivity index (χ0v) is 11.4. The Morgan fingerprint density at radius 2 is 2.00 bits per heavy atom. The molecule has 0 unspecified atom stereocenters. The Bertz CT molecular complexity index is 517. The van der Waals surface area contributed by atoms with Crippen LogP contribution in [0.2, 0.25) is 5.15 Å². The first-order chi connectivity index (χ1) is 6.97. The van der Waals surface area contributed by atoms with E-state index in [1.165, 1.54) is 0 Å². The van der Waals surface area contributed by atoms with Gasteiger partial charge in [0.1, 0.15) is 5.15 Å². The molecule has 1 aromatic rings. The average molecular weight is 287 g/mol. The Morgan fingerprint density at radius 3 is 2.53 bits per heavy atom. The van der Waals surface area contributed by atoms with Crippen molar-refractivity contribution in [1.82, 2.24) is 4.98 Å². The summed E-state index contributed by atoms with van der Waals surface area (Å²) < 4.78 is 1.01. The fourth-order valence-electron chi connectivity index (χ4n) is 1.25. The molecule has 0 saturated heterocycles. The Hall–Kier alpha value is -0.600. The number of halogens is 2. The number of rotatable bonds is 1. The van der Waals surface area contributed by atoms with Crippen LogP contribution in [-0.2, 0) is 0 Å². The van der Waals surface area contributed by atoms with Crippen molar-refractivity contribution < 1.29 is 0 Å². The monoisotopic (exact) mass is 285 g/mol. The summed E-state index contributed by atoms with van der Waals surface area (Å²) in [6.45, 7) is 9.85. The quantitative estimate of drug-likeness (QED) is 0.724. The van der Waals surface area contributed by atoms with Crippen LogP contribution in [0, 0.1) is 13.8 Å². The minimum absolute atomic E-state index is 0.534. The van der Waals surface area contributed by atoms with Crippen LogP contribution in [0.15, 0.2) is 10.6 Å². The van der Waals surface area contributed by atoms with Crippen molar-refractivity contribution >= 4 is 40.2 Å². The lowest BCUT2D eigenvalue weighted by Gasteiger charge is -2.03. The molecular weight excluding hydrogens is 273 g/mol. The van der Waals surface area contributed by atoms with E-state index in [0.717, 1.165) is 20.8 Å². The fraction of sp³-hybridized carbons (Fsp3) is 0.250. The van der Waals surface area contributed by atoms with Gasteiger partial charge in [0.05, 0.1) is 5.35 Å². The molecule has 0 spiro atoms. The highest BCUT2D eigenvalue weighted by Crippen LogP contribution is 2.11. The largest absolute Gasteiger partial charge is 0.236 e. The highest BCUT2D eigenvalue weighted by atomic mass is 79.9. The Balaban J connectivity index is 3.65. The van der Waals surface area contributed by atoms with Crippen LogP contribution in [0.25, 0.3) is 12.7 Å². The number of hydrogen-bond donors (Lipinski definition) is 0. The molecule has 0 bridgehead atoms. The van der Waals surface area contributed by atoms with Crippen LogP contribution in [0.4, 0.5) is 0 Å². The van der Waals surface area contributed by atoms with Gasteiger partial charge in [0, 0.05) is 9.70 Å². The van der Waals surface area contributed by atoms with Gasteiger partial charge in [-0.05, 0) is 38.0 Å². The van der Waals surface area contributed by atoms with Crippen molar-refractivity contribution in [1.29, 1.82) is 0 Å². The maximum absolute atomic E-state index is 5.97. The lowest BCUT2D eigenvalue weighted by molar-refractivity contribution is 1.14. The predicted octanol–water partition coefficient (Wildman–Crippen LogP) is 2.84. The summed E-state index contributed by atoms with van der Waals surface area (Å²) in [4.78, 5) is 4.20. The summed E-state index contributed by atoms with van der Waals surface area (Å²) in [5.74, 6) is 0. The topological polar surface area (TPSA) is 12.9 Å². The van der Waals surface area contributed by atoms with Gasteiger partial charge in [0.25, 0.3) is 0 Å². The summed E-state index contributed by atoms with van der Waals surface area (Å²) in [6.07, 6.45) is 3.98. The molecule has 0 aromatic carbocycles. The predicted molar refractivity (Wildman–Crippen MR) is 70.6 cm³/mol. The molecule has 0 amide bonds. The highest BCUT2D eigenvalue weighted by Gasteiger charge is 2.02. The van der Waals surface area contributed by atoms with Gasteiger partial charge < -0.3 is 0 Å². The summed E-state index contributed by atoms with van der Waals surface area (Å²) in [5, 5.41) is 2.27. The highest BCUT2D eigenvalue weighted by molar-refractivity contribution is 9.12. The Morgan fingerprint density at radius 1 is 1.40 bits per heavy atom. The van der Waals surface area contributed by atoms with E-state index in [1.807, 2.05) is 32.9 Å². The molecule has 0 fully saturated rings. The molecule has 3 heteroatoms. The standard InChI is InChI=1S/C12H13BrClN/c1-5-10(13)6-11-7(2)8(3)12(14)15-9(11)4/h5-6H,4H2,1-3H3/b10-5+,11-6-. The lowest BCUT2D eigenvalue weighted by atomic mass is 10.1. The second-order valence-corrected chi connectivity index (χ2v) is 4.60. The van der Waals surface area contributed by atoms with E-state index in [-0.39, 0.29) is 0 Å². The molecule has 1 heterocycles. The number of hydrogen-bond acceptors (Lipinski definition) is 1. The molecule has 80 valence electrons. The molecule has 0 aliphatic heterocycles. The number of allylic oxidation sites excluding steroid dienone is 2. The van der Waals surface area contributed by atoms with Crippen LogP contribution >= 0.6 is 27.5 Å². The summed E-state index contributed by atoms with van der Waals surface area (Å²) in [5.41, 5.74) is 2.13. The number of aromatic nitrogens is 1. The zero-order valence-electron chi connectivity index (χ0n) is 9.06. The summed E-state index contributed by atoms with van der Waals surface area (Å²) >= 11 is 9.41. The van der Waals surface area contributed by atoms with Crippen molar-refractivity contribution in [2.75, 3.05) is 0 Å². The second-order valence-electron chi connectivity index (χ2n) is 3.33. The van der Waals surface area contributed by atoms with Crippen molar-refractivity contribution in [3.63, 3.8) is 0 Å². The summed E-state index contributed by atoms with van der Waals surface area (Å²) in [6, 6.07) is 0. The second kappa shape index (κ2) is 4.95. The minimum atomic E-state index is 0.534. The van der Waals surface area contributed by atoms with Crippen molar-refractivity contribution in [3.05, 3.63) is 37.4 Å². The number of nitrogens with zero attached hydrogens (tertiary/aromatic N) is 1. The molecule has 1 aromatic heterocycles. The van der Waals surface area contributed by atoms with Crippen molar-refractivity contribution in [2.45, 2.75) is 20.8 Å². The van der Waals surface area contributed by atoms with Gasteiger partial charge in [-0.25, -0.2) is 4.98 Å². The van der Waals surface area contributed by atoms with Gasteiger partial charge in [0.15, 0.2) is 0 Å². The van der Waals surface area contributed by atoms with E-state index in [4.69, 9.17) is 11.6 Å². The first kappa shape index (κ1) is 12.5. The molecule has 0 saturated carbocycles. The average Bonchev–Trinajstić information content (AvgIpc) is 2.21. The van der Waals surface area contributed by atoms with E-state index in [2.05, 4.69) is 27.5 Å². The molecule has 0 N–H and O–H groups in total. The van der Waals surface area contributed by atoms with Gasteiger partial charge in [-0.1, -0.05) is 40.2 Å². The first-order valence-corrected chi connectivity index (χ1v) is 5.79. The molecule has 1 rings (SSSR count). The van der Waals surface area contributed by atoms with Gasteiger partial charge in [0.2, 0.25) is 0 Å². The van der Waals surface area contributed by atoms with Crippen LogP contribution in [-0.4, -0.2) is 4.98 Å².